The van der Waals surface area contributed by atoms with Gasteiger partial charge in [0.05, 0.1) is 0 Å². The van der Waals surface area contributed by atoms with Crippen molar-refractivity contribution in [2.24, 2.45) is 0 Å². The first-order valence-electron chi connectivity index (χ1n) is 18.8. The molecule has 2 rings (SSSR count). The molecule has 0 N–H and O–H groups in total. The minimum Gasteiger partial charge on any atom is -0.0581 e. The van der Waals surface area contributed by atoms with Gasteiger partial charge in [0.25, 0.3) is 0 Å². The van der Waals surface area contributed by atoms with Crippen molar-refractivity contribution < 1.29 is 0 Å². The molecule has 1 unspecified atom stereocenters. The van der Waals surface area contributed by atoms with Crippen molar-refractivity contribution in [1.82, 2.24) is 0 Å². The first kappa shape index (κ1) is 41.6. The van der Waals surface area contributed by atoms with E-state index in [0.29, 0.717) is 5.92 Å². The summed E-state index contributed by atoms with van der Waals surface area (Å²) in [5.74, 6) is 0.357. The molecule has 0 aromatic heterocycles. The van der Waals surface area contributed by atoms with E-state index >= 15 is 0 Å². The van der Waals surface area contributed by atoms with Crippen molar-refractivity contribution in [3.8, 4) is 0 Å². The van der Waals surface area contributed by atoms with Gasteiger partial charge in [0.15, 0.2) is 0 Å². The van der Waals surface area contributed by atoms with Crippen molar-refractivity contribution in [3.05, 3.63) is 67.8 Å². The van der Waals surface area contributed by atoms with Crippen LogP contribution in [0, 0.1) is 0 Å². The zero-order valence-corrected chi connectivity index (χ0v) is 36.4. The van der Waals surface area contributed by atoms with Gasteiger partial charge >= 0.3 is 0 Å². The molecule has 0 radical (unpaired) electrons. The van der Waals surface area contributed by atoms with Crippen LogP contribution in [0.2, 0.25) is 0 Å². The van der Waals surface area contributed by atoms with Gasteiger partial charge in [-0.1, -0.05) is 185 Å². The van der Waals surface area contributed by atoms with Crippen LogP contribution in [0.25, 0.3) is 0 Å². The smallest absolute Gasteiger partial charge is 0.0126 e. The Morgan fingerprint density at radius 1 is 0.340 bits per heavy atom. The summed E-state index contributed by atoms with van der Waals surface area (Å²) in [7, 11) is 0. The van der Waals surface area contributed by atoms with E-state index in [1.54, 1.807) is 38.9 Å². The van der Waals surface area contributed by atoms with Crippen LogP contribution in [-0.2, 0) is 49.7 Å². The van der Waals surface area contributed by atoms with Gasteiger partial charge in [0.2, 0.25) is 0 Å². The van der Waals surface area contributed by atoms with E-state index in [9.17, 15) is 0 Å². The molecule has 47 heavy (non-hydrogen) atoms. The molecule has 0 fully saturated rings. The van der Waals surface area contributed by atoms with Crippen molar-refractivity contribution in [2.45, 2.75) is 229 Å². The summed E-state index contributed by atoms with van der Waals surface area (Å²) in [5, 5.41) is 0. The molecule has 0 saturated carbocycles. The molecule has 0 aliphatic heterocycles. The van der Waals surface area contributed by atoms with E-state index in [2.05, 4.69) is 185 Å². The molecule has 0 bridgehead atoms. The number of hydrogen-bond acceptors (Lipinski definition) is 0. The van der Waals surface area contributed by atoms with Crippen molar-refractivity contribution in [2.75, 3.05) is 0 Å². The SMILES string of the molecule is CC(Cc1cc(C(C)(C)C)c(C(C)(C)C)c(C(C)(C)C)c1C(C)(C)C)c1c(C(C)(C)C)cc(C(C)(C)C)c(C(C)(C)C)c1C(C)(C)C. The Labute approximate surface area is 295 Å². The summed E-state index contributed by atoms with van der Waals surface area (Å²) < 4.78 is 0. The Morgan fingerprint density at radius 2 is 0.638 bits per heavy atom. The molecule has 0 amide bonds. The lowest BCUT2D eigenvalue weighted by molar-refractivity contribution is 0.468. The summed E-state index contributed by atoms with van der Waals surface area (Å²) in [6.07, 6.45) is 1.04. The lowest BCUT2D eigenvalue weighted by atomic mass is 9.61. The fraction of sp³-hybridized carbons (Fsp3) is 0.745. The molecular formula is C47H80. The molecule has 0 saturated heterocycles. The van der Waals surface area contributed by atoms with Gasteiger partial charge < -0.3 is 0 Å². The molecule has 0 heterocycles. The predicted molar refractivity (Wildman–Crippen MR) is 215 cm³/mol. The third kappa shape index (κ3) is 8.97. The second-order valence-electron chi connectivity index (χ2n) is 23.4. The quantitative estimate of drug-likeness (QED) is 0.312. The minimum absolute atomic E-state index is 0.00353. The number of benzene rings is 2. The topological polar surface area (TPSA) is 0 Å². The largest absolute Gasteiger partial charge is 0.0581 e. The predicted octanol–water partition coefficient (Wildman–Crippen LogP) is 14.4. The van der Waals surface area contributed by atoms with E-state index in [1.165, 1.54) is 16.7 Å². The van der Waals surface area contributed by atoms with E-state index in [1.807, 2.05) is 0 Å². The monoisotopic (exact) mass is 645 g/mol. The van der Waals surface area contributed by atoms with Gasteiger partial charge in [-0.05, 0) is 111 Å². The molecule has 1 atom stereocenters. The molecule has 0 spiro atoms. The summed E-state index contributed by atoms with van der Waals surface area (Å²) in [6, 6.07) is 5.30. The highest BCUT2D eigenvalue weighted by Crippen LogP contribution is 2.51. The van der Waals surface area contributed by atoms with Gasteiger partial charge in [0, 0.05) is 0 Å². The summed E-state index contributed by atoms with van der Waals surface area (Å²) in [6.45, 7) is 61.0. The number of hydrogen-bond donors (Lipinski definition) is 0. The minimum atomic E-state index is 0.00353. The molecule has 2 aromatic carbocycles. The van der Waals surface area contributed by atoms with E-state index in [-0.39, 0.29) is 43.3 Å². The van der Waals surface area contributed by atoms with E-state index in [0.717, 1.165) is 6.42 Å². The first-order valence-corrected chi connectivity index (χ1v) is 18.8. The third-order valence-corrected chi connectivity index (χ3v) is 9.97. The second-order valence-corrected chi connectivity index (χ2v) is 23.4. The van der Waals surface area contributed by atoms with Gasteiger partial charge in [0.1, 0.15) is 0 Å². The Balaban J connectivity index is 3.34. The van der Waals surface area contributed by atoms with Crippen LogP contribution in [0.5, 0.6) is 0 Å². The van der Waals surface area contributed by atoms with Crippen molar-refractivity contribution >= 4 is 0 Å². The molecule has 0 aliphatic rings. The fourth-order valence-corrected chi connectivity index (χ4v) is 8.29. The highest BCUT2D eigenvalue weighted by molar-refractivity contribution is 5.60. The maximum Gasteiger partial charge on any atom is -0.0126 e. The maximum absolute atomic E-state index is 2.66. The Kier molecular flexibility index (Phi) is 10.9. The van der Waals surface area contributed by atoms with Crippen LogP contribution in [0.4, 0.5) is 0 Å². The standard InChI is InChI=1S/C47H80/c1-29(34-31(40(2,3)4)28-33(42(8,9)10)36(44(14,15)16)38(34)46(20,21)22)26-30-27-32(41(5,6)7)37(45(17,18)19)39(47(23,24)25)35(30)43(11,12)13/h27-29H,26H2,1-25H3. The van der Waals surface area contributed by atoms with Crippen LogP contribution >= 0.6 is 0 Å². The van der Waals surface area contributed by atoms with Gasteiger partial charge in [-0.3, -0.25) is 0 Å². The third-order valence-electron chi connectivity index (χ3n) is 9.97. The first-order chi connectivity index (χ1) is 20.3. The van der Waals surface area contributed by atoms with E-state index < -0.39 is 0 Å². The van der Waals surface area contributed by atoms with Crippen LogP contribution in [0.3, 0.4) is 0 Å². The summed E-state index contributed by atoms with van der Waals surface area (Å²) in [4.78, 5) is 0. The van der Waals surface area contributed by atoms with Crippen molar-refractivity contribution in [3.63, 3.8) is 0 Å². The molecule has 0 aliphatic carbocycles. The van der Waals surface area contributed by atoms with E-state index in [4.69, 9.17) is 0 Å². The highest BCUT2D eigenvalue weighted by atomic mass is 14.4. The van der Waals surface area contributed by atoms with Crippen LogP contribution < -0.4 is 0 Å². The zero-order chi connectivity index (χ0) is 37.5. The highest BCUT2D eigenvalue weighted by Gasteiger charge is 2.41. The normalized spacial score (nSPS) is 15.3. The molecule has 268 valence electrons. The molecule has 0 nitrogen and oxygen atoms in total. The maximum atomic E-state index is 2.66. The average Bonchev–Trinajstić information content (AvgIpc) is 2.76. The number of rotatable bonds is 3. The molecule has 0 heteroatoms. The lowest BCUT2D eigenvalue weighted by Gasteiger charge is -2.43. The zero-order valence-electron chi connectivity index (χ0n) is 36.4. The van der Waals surface area contributed by atoms with Gasteiger partial charge in [-0.25, -0.2) is 0 Å². The Morgan fingerprint density at radius 3 is 0.936 bits per heavy atom. The van der Waals surface area contributed by atoms with Gasteiger partial charge in [-0.15, -0.1) is 0 Å². The second kappa shape index (κ2) is 12.3. The van der Waals surface area contributed by atoms with Crippen molar-refractivity contribution in [1.29, 1.82) is 0 Å². The summed E-state index contributed by atoms with van der Waals surface area (Å²) in [5.41, 5.74) is 15.8. The Hall–Kier alpha value is -1.56. The molecule has 2 aromatic rings. The molecular weight excluding hydrogens is 565 g/mol. The van der Waals surface area contributed by atoms with Crippen LogP contribution in [0.15, 0.2) is 12.1 Å². The lowest BCUT2D eigenvalue weighted by Crippen LogP contribution is -2.34. The summed E-state index contributed by atoms with van der Waals surface area (Å²) >= 11 is 0. The van der Waals surface area contributed by atoms with Crippen LogP contribution in [-0.4, -0.2) is 0 Å². The fourth-order valence-electron chi connectivity index (χ4n) is 8.29. The van der Waals surface area contributed by atoms with Crippen LogP contribution in [0.1, 0.15) is 235 Å². The Bertz CT molecular complexity index is 1430. The van der Waals surface area contributed by atoms with Gasteiger partial charge in [-0.2, -0.15) is 0 Å². The average molecular weight is 645 g/mol.